The van der Waals surface area contributed by atoms with Gasteiger partial charge in [-0.15, -0.1) is 0 Å². The molecule has 1 aliphatic heterocycles. The second-order valence-corrected chi connectivity index (χ2v) is 7.65. The zero-order valence-electron chi connectivity index (χ0n) is 15.7. The Hall–Kier alpha value is -1.63. The molecule has 0 aromatic rings. The van der Waals surface area contributed by atoms with Gasteiger partial charge >= 0.3 is 6.03 Å². The Labute approximate surface area is 150 Å². The molecule has 0 aromatic heterocycles. The quantitative estimate of drug-likeness (QED) is 0.796. The van der Waals surface area contributed by atoms with Crippen LogP contribution in [0, 0.1) is 11.8 Å². The number of nitrogens with one attached hydrogen (secondary N) is 2. The summed E-state index contributed by atoms with van der Waals surface area (Å²) in [7, 11) is 0. The van der Waals surface area contributed by atoms with E-state index in [2.05, 4.69) is 17.6 Å². The highest BCUT2D eigenvalue weighted by Crippen LogP contribution is 2.23. The predicted octanol–water partition coefficient (Wildman–Crippen LogP) is 1.19. The maximum atomic E-state index is 12.1. The van der Waals surface area contributed by atoms with Gasteiger partial charge in [-0.05, 0) is 18.8 Å². The van der Waals surface area contributed by atoms with Gasteiger partial charge in [0.1, 0.15) is 0 Å². The third-order valence-electron chi connectivity index (χ3n) is 5.23. The second-order valence-electron chi connectivity index (χ2n) is 7.65. The van der Waals surface area contributed by atoms with Crippen LogP contribution in [0.5, 0.6) is 0 Å². The Balaban J connectivity index is 1.68. The smallest absolute Gasteiger partial charge is 0.321 e. The van der Waals surface area contributed by atoms with Crippen molar-refractivity contribution in [1.29, 1.82) is 0 Å². The Kier molecular flexibility index (Phi) is 7.23. The molecule has 2 atom stereocenters. The first-order valence-electron chi connectivity index (χ1n) is 9.48. The highest BCUT2D eigenvalue weighted by Gasteiger charge is 2.26. The van der Waals surface area contributed by atoms with Gasteiger partial charge in [0.05, 0.1) is 6.54 Å². The van der Waals surface area contributed by atoms with E-state index in [1.165, 1.54) is 6.42 Å². The number of urea groups is 1. The molecule has 0 radical (unpaired) electrons. The lowest BCUT2D eigenvalue weighted by molar-refractivity contribution is -0.136. The van der Waals surface area contributed by atoms with Crippen molar-refractivity contribution < 1.29 is 14.4 Å². The minimum absolute atomic E-state index is 0.000670. The van der Waals surface area contributed by atoms with Crippen LogP contribution in [0.15, 0.2) is 0 Å². The normalized spacial score (nSPS) is 24.9. The zero-order valence-corrected chi connectivity index (χ0v) is 15.7. The van der Waals surface area contributed by atoms with Gasteiger partial charge in [0.2, 0.25) is 11.8 Å². The van der Waals surface area contributed by atoms with E-state index < -0.39 is 6.03 Å². The highest BCUT2D eigenvalue weighted by atomic mass is 16.2. The SMILES string of the molecule is CC(C)C(=O)N1CCN(CC(=O)NC(=O)NC2CCCCC2C)CC1. The molecule has 0 bridgehead atoms. The standard InChI is InChI=1S/C18H32N4O3/c1-13(2)17(24)22-10-8-21(9-11-22)12-16(23)20-18(25)19-15-7-5-4-6-14(15)3/h13-15H,4-12H2,1-3H3,(H2,19,20,23,25). The van der Waals surface area contributed by atoms with Crippen LogP contribution in [-0.2, 0) is 9.59 Å². The van der Waals surface area contributed by atoms with Gasteiger partial charge in [-0.3, -0.25) is 19.8 Å². The lowest BCUT2D eigenvalue weighted by Crippen LogP contribution is -2.54. The van der Waals surface area contributed by atoms with Crippen molar-refractivity contribution in [2.45, 2.75) is 52.5 Å². The summed E-state index contributed by atoms with van der Waals surface area (Å²) >= 11 is 0. The largest absolute Gasteiger partial charge is 0.340 e. The van der Waals surface area contributed by atoms with Crippen LogP contribution < -0.4 is 10.6 Å². The first-order chi connectivity index (χ1) is 11.9. The van der Waals surface area contributed by atoms with Crippen molar-refractivity contribution in [1.82, 2.24) is 20.4 Å². The van der Waals surface area contributed by atoms with Gasteiger partial charge in [0.25, 0.3) is 0 Å². The average Bonchev–Trinajstić information content (AvgIpc) is 2.56. The van der Waals surface area contributed by atoms with Crippen molar-refractivity contribution in [2.75, 3.05) is 32.7 Å². The second kappa shape index (κ2) is 9.17. The third-order valence-corrected chi connectivity index (χ3v) is 5.23. The minimum atomic E-state index is -0.391. The fourth-order valence-corrected chi connectivity index (χ4v) is 3.60. The van der Waals surface area contributed by atoms with E-state index in [9.17, 15) is 14.4 Å². The highest BCUT2D eigenvalue weighted by molar-refractivity contribution is 5.95. The Bertz CT molecular complexity index is 487. The molecule has 25 heavy (non-hydrogen) atoms. The van der Waals surface area contributed by atoms with Gasteiger partial charge in [-0.1, -0.05) is 33.6 Å². The molecule has 2 rings (SSSR count). The van der Waals surface area contributed by atoms with Crippen LogP contribution in [0.3, 0.4) is 0 Å². The zero-order chi connectivity index (χ0) is 18.4. The van der Waals surface area contributed by atoms with Crippen LogP contribution in [0.25, 0.3) is 0 Å². The molecule has 7 nitrogen and oxygen atoms in total. The Morgan fingerprint density at radius 3 is 2.28 bits per heavy atom. The summed E-state index contributed by atoms with van der Waals surface area (Å²) in [5.41, 5.74) is 0. The number of rotatable bonds is 4. The van der Waals surface area contributed by atoms with Crippen molar-refractivity contribution in [3.63, 3.8) is 0 Å². The molecule has 0 spiro atoms. The molecule has 4 amide bonds. The molecule has 1 heterocycles. The van der Waals surface area contributed by atoms with E-state index in [-0.39, 0.29) is 30.3 Å². The molecule has 2 aliphatic rings. The molecule has 1 saturated carbocycles. The molecule has 142 valence electrons. The Morgan fingerprint density at radius 1 is 1.04 bits per heavy atom. The van der Waals surface area contributed by atoms with E-state index in [0.29, 0.717) is 32.1 Å². The number of imide groups is 1. The van der Waals surface area contributed by atoms with Crippen LogP contribution >= 0.6 is 0 Å². The summed E-state index contributed by atoms with van der Waals surface area (Å²) in [4.78, 5) is 39.9. The number of amides is 4. The molecular formula is C18H32N4O3. The lowest BCUT2D eigenvalue weighted by Gasteiger charge is -2.35. The molecule has 7 heteroatoms. The minimum Gasteiger partial charge on any atom is -0.340 e. The maximum Gasteiger partial charge on any atom is 0.321 e. The average molecular weight is 352 g/mol. The number of hydrogen-bond acceptors (Lipinski definition) is 4. The summed E-state index contributed by atoms with van der Waals surface area (Å²) in [6, 6.07) is -0.232. The number of nitrogens with zero attached hydrogens (tertiary/aromatic N) is 2. The van der Waals surface area contributed by atoms with Crippen LogP contribution in [0.2, 0.25) is 0 Å². The molecule has 2 N–H and O–H groups in total. The van der Waals surface area contributed by atoms with Gasteiger partial charge in [0.15, 0.2) is 0 Å². The number of piperazine rings is 1. The Morgan fingerprint density at radius 2 is 1.68 bits per heavy atom. The molecule has 1 aliphatic carbocycles. The summed E-state index contributed by atoms with van der Waals surface area (Å²) in [5, 5.41) is 5.37. The number of carbonyl (C=O) groups excluding carboxylic acids is 3. The first kappa shape index (κ1) is 19.7. The number of carbonyl (C=O) groups is 3. The molecule has 2 fully saturated rings. The van der Waals surface area contributed by atoms with E-state index in [0.717, 1.165) is 19.3 Å². The summed E-state index contributed by atoms with van der Waals surface area (Å²) in [5.74, 6) is 0.330. The molecule has 0 aromatic carbocycles. The predicted molar refractivity (Wildman–Crippen MR) is 96.0 cm³/mol. The summed E-state index contributed by atoms with van der Waals surface area (Å²) in [6.45, 7) is 8.72. The lowest BCUT2D eigenvalue weighted by atomic mass is 9.86. The fraction of sp³-hybridized carbons (Fsp3) is 0.833. The van der Waals surface area contributed by atoms with E-state index in [4.69, 9.17) is 0 Å². The van der Waals surface area contributed by atoms with Crippen LogP contribution in [-0.4, -0.2) is 66.4 Å². The van der Waals surface area contributed by atoms with Crippen molar-refractivity contribution >= 4 is 17.8 Å². The molecule has 2 unspecified atom stereocenters. The fourth-order valence-electron chi connectivity index (χ4n) is 3.60. The molecule has 1 saturated heterocycles. The van der Waals surface area contributed by atoms with Crippen molar-refractivity contribution in [3.05, 3.63) is 0 Å². The topological polar surface area (TPSA) is 81.8 Å². The van der Waals surface area contributed by atoms with Crippen LogP contribution in [0.4, 0.5) is 4.79 Å². The van der Waals surface area contributed by atoms with E-state index in [1.807, 2.05) is 23.6 Å². The van der Waals surface area contributed by atoms with E-state index >= 15 is 0 Å². The maximum absolute atomic E-state index is 12.1. The number of hydrogen-bond donors (Lipinski definition) is 2. The van der Waals surface area contributed by atoms with Gasteiger partial charge in [-0.25, -0.2) is 4.79 Å². The van der Waals surface area contributed by atoms with E-state index in [1.54, 1.807) is 0 Å². The van der Waals surface area contributed by atoms with Gasteiger partial charge in [-0.2, -0.15) is 0 Å². The monoisotopic (exact) mass is 352 g/mol. The van der Waals surface area contributed by atoms with Gasteiger partial charge < -0.3 is 10.2 Å². The van der Waals surface area contributed by atoms with Gasteiger partial charge in [0, 0.05) is 38.1 Å². The third kappa shape index (κ3) is 5.99. The summed E-state index contributed by atoms with van der Waals surface area (Å²) < 4.78 is 0. The van der Waals surface area contributed by atoms with Crippen molar-refractivity contribution in [3.8, 4) is 0 Å². The molecular weight excluding hydrogens is 320 g/mol. The first-order valence-corrected chi connectivity index (χ1v) is 9.48. The summed E-state index contributed by atoms with van der Waals surface area (Å²) in [6.07, 6.45) is 4.45. The van der Waals surface area contributed by atoms with Crippen molar-refractivity contribution in [2.24, 2.45) is 11.8 Å². The van der Waals surface area contributed by atoms with Crippen LogP contribution in [0.1, 0.15) is 46.5 Å².